The van der Waals surface area contributed by atoms with Crippen molar-refractivity contribution >= 4 is 27.0 Å². The van der Waals surface area contributed by atoms with Gasteiger partial charge in [0.2, 0.25) is 15.9 Å². The summed E-state index contributed by atoms with van der Waals surface area (Å²) in [7, 11) is -3.27. The number of rotatable bonds is 7. The summed E-state index contributed by atoms with van der Waals surface area (Å²) in [6.07, 6.45) is 5.47. The van der Waals surface area contributed by atoms with Crippen LogP contribution in [0, 0.1) is 5.92 Å². The first-order valence-corrected chi connectivity index (χ1v) is 12.2. The molecule has 4 rings (SSSR count). The number of hydrogen-bond acceptors (Lipinski definition) is 5. The normalized spacial score (nSPS) is 17.6. The number of imidazole rings is 1. The predicted molar refractivity (Wildman–Crippen MR) is 119 cm³/mol. The molecule has 1 N–H and O–H groups in total. The summed E-state index contributed by atoms with van der Waals surface area (Å²) in [6.45, 7) is 2.97. The van der Waals surface area contributed by atoms with Crippen LogP contribution in [-0.2, 0) is 21.4 Å². The van der Waals surface area contributed by atoms with E-state index in [2.05, 4.69) is 15.3 Å². The smallest absolute Gasteiger partial charge is 0.224 e. The van der Waals surface area contributed by atoms with Crippen LogP contribution in [0.15, 0.2) is 48.9 Å². The number of fused-ring (bicyclic) bond motifs is 1. The highest BCUT2D eigenvalue weighted by molar-refractivity contribution is 7.89. The second-order valence-corrected chi connectivity index (χ2v) is 9.95. The number of carbonyl (C=O) groups excluding carboxylic acids is 1. The molecule has 0 saturated carbocycles. The molecule has 31 heavy (non-hydrogen) atoms. The monoisotopic (exact) mass is 441 g/mol. The number of amides is 1. The summed E-state index contributed by atoms with van der Waals surface area (Å²) in [5.74, 6) is 0.463. The van der Waals surface area contributed by atoms with Crippen LogP contribution in [0.2, 0.25) is 0 Å². The summed E-state index contributed by atoms with van der Waals surface area (Å²) in [5.41, 5.74) is 2.77. The van der Waals surface area contributed by atoms with Crippen LogP contribution < -0.4 is 5.32 Å². The van der Waals surface area contributed by atoms with Crippen molar-refractivity contribution in [1.29, 1.82) is 0 Å². The second kappa shape index (κ2) is 9.15. The zero-order chi connectivity index (χ0) is 21.8. The molecule has 1 aliphatic rings. The van der Waals surface area contributed by atoms with Crippen molar-refractivity contribution in [3.05, 3.63) is 54.5 Å². The van der Waals surface area contributed by atoms with Gasteiger partial charge < -0.3 is 5.32 Å². The van der Waals surface area contributed by atoms with Gasteiger partial charge >= 0.3 is 0 Å². The van der Waals surface area contributed by atoms with Crippen molar-refractivity contribution < 1.29 is 13.2 Å². The van der Waals surface area contributed by atoms with E-state index >= 15 is 0 Å². The molecule has 1 saturated heterocycles. The summed E-state index contributed by atoms with van der Waals surface area (Å²) in [4.78, 5) is 21.5. The summed E-state index contributed by atoms with van der Waals surface area (Å²) >= 11 is 0. The average Bonchev–Trinajstić information content (AvgIpc) is 3.22. The van der Waals surface area contributed by atoms with Crippen LogP contribution in [0.1, 0.15) is 31.7 Å². The van der Waals surface area contributed by atoms with Crippen LogP contribution in [-0.4, -0.2) is 52.0 Å². The highest BCUT2D eigenvalue weighted by Gasteiger charge is 2.31. The van der Waals surface area contributed by atoms with Gasteiger partial charge in [-0.25, -0.2) is 22.7 Å². The number of carbonyl (C=O) groups is 1. The third kappa shape index (κ3) is 4.77. The minimum absolute atomic E-state index is 0.110. The molecule has 1 amide bonds. The molecule has 8 nitrogen and oxygen atoms in total. The van der Waals surface area contributed by atoms with Gasteiger partial charge in [0.15, 0.2) is 0 Å². The van der Waals surface area contributed by atoms with Gasteiger partial charge in [-0.1, -0.05) is 25.1 Å². The summed E-state index contributed by atoms with van der Waals surface area (Å²) in [6, 6.07) is 11.7. The minimum atomic E-state index is -3.27. The van der Waals surface area contributed by atoms with Gasteiger partial charge in [0.05, 0.1) is 22.7 Å². The first kappa shape index (κ1) is 21.5. The van der Waals surface area contributed by atoms with E-state index in [4.69, 9.17) is 0 Å². The molecule has 3 aromatic rings. The van der Waals surface area contributed by atoms with Gasteiger partial charge in [-0.3, -0.25) is 9.36 Å². The van der Waals surface area contributed by atoms with Crippen molar-refractivity contribution in [1.82, 2.24) is 24.2 Å². The Balaban J connectivity index is 1.36. The molecule has 9 heteroatoms. The fourth-order valence-corrected chi connectivity index (χ4v) is 5.52. The van der Waals surface area contributed by atoms with Crippen molar-refractivity contribution in [3.63, 3.8) is 0 Å². The van der Waals surface area contributed by atoms with Crippen molar-refractivity contribution in [3.8, 4) is 5.82 Å². The zero-order valence-corrected chi connectivity index (χ0v) is 18.4. The van der Waals surface area contributed by atoms with E-state index in [1.807, 2.05) is 47.9 Å². The lowest BCUT2D eigenvalue weighted by Gasteiger charge is -2.31. The molecule has 1 aromatic carbocycles. The molecule has 0 spiro atoms. The van der Waals surface area contributed by atoms with Gasteiger partial charge in [-0.15, -0.1) is 0 Å². The fourth-order valence-electron chi connectivity index (χ4n) is 3.94. The Hall–Kier alpha value is -2.78. The number of nitrogens with zero attached hydrogens (tertiary/aromatic N) is 4. The van der Waals surface area contributed by atoms with Crippen molar-refractivity contribution in [2.75, 3.05) is 18.8 Å². The largest absolute Gasteiger partial charge is 0.352 e. The first-order valence-electron chi connectivity index (χ1n) is 10.6. The Labute approximate surface area is 182 Å². The Morgan fingerprint density at radius 2 is 2.03 bits per heavy atom. The van der Waals surface area contributed by atoms with Gasteiger partial charge in [0.25, 0.3) is 0 Å². The van der Waals surface area contributed by atoms with Crippen LogP contribution in [0.25, 0.3) is 16.9 Å². The first-order chi connectivity index (χ1) is 15.0. The van der Waals surface area contributed by atoms with Crippen LogP contribution in [0.4, 0.5) is 0 Å². The SMILES string of the molecule is CCCS(=O)(=O)N1CCCC(C(=O)NCc2ccc(-n3cnc4ccccc43)nc2)C1. The topological polar surface area (TPSA) is 97.2 Å². The molecular formula is C22H27N5O3S. The highest BCUT2D eigenvalue weighted by atomic mass is 32.2. The van der Waals surface area contributed by atoms with E-state index in [1.165, 1.54) is 4.31 Å². The fraction of sp³-hybridized carbons (Fsp3) is 0.409. The van der Waals surface area contributed by atoms with E-state index in [9.17, 15) is 13.2 Å². The lowest BCUT2D eigenvalue weighted by Crippen LogP contribution is -2.45. The Morgan fingerprint density at radius 1 is 1.19 bits per heavy atom. The molecule has 0 aliphatic carbocycles. The van der Waals surface area contributed by atoms with Gasteiger partial charge in [0, 0.05) is 25.8 Å². The van der Waals surface area contributed by atoms with E-state index in [0.717, 1.165) is 22.4 Å². The van der Waals surface area contributed by atoms with E-state index in [1.54, 1.807) is 12.5 Å². The van der Waals surface area contributed by atoms with Gasteiger partial charge in [-0.2, -0.15) is 0 Å². The minimum Gasteiger partial charge on any atom is -0.352 e. The number of benzene rings is 1. The number of nitrogens with one attached hydrogen (secondary N) is 1. The molecule has 1 unspecified atom stereocenters. The number of aromatic nitrogens is 3. The molecule has 1 atom stereocenters. The highest BCUT2D eigenvalue weighted by Crippen LogP contribution is 2.20. The van der Waals surface area contributed by atoms with Crippen LogP contribution in [0.5, 0.6) is 0 Å². The molecule has 0 radical (unpaired) electrons. The summed E-state index contributed by atoms with van der Waals surface area (Å²) in [5, 5.41) is 2.94. The maximum absolute atomic E-state index is 12.6. The molecule has 3 heterocycles. The molecule has 2 aromatic heterocycles. The molecular weight excluding hydrogens is 414 g/mol. The number of piperidine rings is 1. The van der Waals surface area contributed by atoms with Crippen molar-refractivity contribution in [2.45, 2.75) is 32.7 Å². The zero-order valence-electron chi connectivity index (χ0n) is 17.6. The number of hydrogen-bond donors (Lipinski definition) is 1. The predicted octanol–water partition coefficient (Wildman–Crippen LogP) is 2.49. The third-order valence-corrected chi connectivity index (χ3v) is 7.63. The second-order valence-electron chi connectivity index (χ2n) is 7.86. The van der Waals surface area contributed by atoms with E-state index in [0.29, 0.717) is 32.4 Å². The van der Waals surface area contributed by atoms with E-state index < -0.39 is 10.0 Å². The maximum atomic E-state index is 12.6. The Morgan fingerprint density at radius 3 is 2.81 bits per heavy atom. The maximum Gasteiger partial charge on any atom is 0.224 e. The Kier molecular flexibility index (Phi) is 6.33. The molecule has 0 bridgehead atoms. The van der Waals surface area contributed by atoms with Crippen molar-refractivity contribution in [2.24, 2.45) is 5.92 Å². The van der Waals surface area contributed by atoms with Gasteiger partial charge in [-0.05, 0) is 43.0 Å². The standard InChI is InChI=1S/C22H27N5O3S/c1-2-12-31(29,30)26-11-5-6-18(15-26)22(28)24-14-17-9-10-21(23-13-17)27-16-25-19-7-3-4-8-20(19)27/h3-4,7-10,13,16,18H,2,5-6,11-12,14-15H2,1H3,(H,24,28). The number of sulfonamides is 1. The molecule has 164 valence electrons. The number of pyridine rings is 1. The quantitative estimate of drug-likeness (QED) is 0.608. The van der Waals surface area contributed by atoms with Gasteiger partial charge in [0.1, 0.15) is 12.1 Å². The van der Waals surface area contributed by atoms with Crippen LogP contribution in [0.3, 0.4) is 0 Å². The molecule has 1 fully saturated rings. The van der Waals surface area contributed by atoms with E-state index in [-0.39, 0.29) is 24.1 Å². The molecule has 1 aliphatic heterocycles. The third-order valence-electron chi connectivity index (χ3n) is 5.59. The lowest BCUT2D eigenvalue weighted by atomic mass is 9.99. The Bertz CT molecular complexity index is 1160. The average molecular weight is 442 g/mol. The van der Waals surface area contributed by atoms with Crippen LogP contribution >= 0.6 is 0 Å². The number of para-hydroxylation sites is 2. The lowest BCUT2D eigenvalue weighted by molar-refractivity contribution is -0.126. The summed E-state index contributed by atoms with van der Waals surface area (Å²) < 4.78 is 28.0.